The predicted molar refractivity (Wildman–Crippen MR) is 161 cm³/mol. The summed E-state index contributed by atoms with van der Waals surface area (Å²) in [6.07, 6.45) is 6.43. The van der Waals surface area contributed by atoms with Crippen LogP contribution in [0.25, 0.3) is 5.83 Å². The molecule has 45 heavy (non-hydrogen) atoms. The number of hydrogen-bond donors (Lipinski definition) is 0. The minimum Gasteiger partial charge on any atom is -0.432 e. The summed E-state index contributed by atoms with van der Waals surface area (Å²) in [6, 6.07) is 7.36. The number of alkyl halides is 2. The van der Waals surface area contributed by atoms with Gasteiger partial charge in [0.25, 0.3) is 0 Å². The summed E-state index contributed by atoms with van der Waals surface area (Å²) < 4.78 is 102. The molecule has 2 saturated carbocycles. The first-order chi connectivity index (χ1) is 21.7. The van der Waals surface area contributed by atoms with Crippen molar-refractivity contribution in [3.05, 3.63) is 71.1 Å². The van der Waals surface area contributed by atoms with Crippen LogP contribution in [0.5, 0.6) is 5.75 Å². The van der Waals surface area contributed by atoms with E-state index in [0.29, 0.717) is 55.1 Å². The van der Waals surface area contributed by atoms with E-state index in [2.05, 4.69) is 6.92 Å². The second-order valence-electron chi connectivity index (χ2n) is 13.1. The summed E-state index contributed by atoms with van der Waals surface area (Å²) in [5.74, 6) is -3.12. The van der Waals surface area contributed by atoms with E-state index in [1.165, 1.54) is 57.4 Å². The molecule has 2 aromatic carbocycles. The smallest absolute Gasteiger partial charge is 0.400 e. The van der Waals surface area contributed by atoms with E-state index in [-0.39, 0.29) is 18.8 Å². The van der Waals surface area contributed by atoms with Gasteiger partial charge in [0.2, 0.25) is 0 Å². The molecule has 0 atom stereocenters. The third kappa shape index (κ3) is 8.45. The van der Waals surface area contributed by atoms with Gasteiger partial charge in [0.1, 0.15) is 23.7 Å². The largest absolute Gasteiger partial charge is 0.432 e. The standard InChI is InChI=1S/C36H44F6O3/c1-2-3-4-5-23-6-8-24(9-7-23)27-21-43-35(44-22-27)26-12-16-30(32(38)18-26)25-10-13-28(14-11-25)36(41,42)45-29-15-17-31(33(39)19-29)34(40)20-37/h12,15-20,23-25,27-28,35H,2-11,13-14,21-22H2,1H3/b34-20-. The van der Waals surface area contributed by atoms with Crippen molar-refractivity contribution in [1.82, 2.24) is 0 Å². The monoisotopic (exact) mass is 638 g/mol. The van der Waals surface area contributed by atoms with Crippen LogP contribution in [0.4, 0.5) is 26.3 Å². The van der Waals surface area contributed by atoms with Gasteiger partial charge in [-0.2, -0.15) is 8.78 Å². The fraction of sp³-hybridized carbons (Fsp3) is 0.611. The van der Waals surface area contributed by atoms with E-state index < -0.39 is 53.4 Å². The molecule has 3 fully saturated rings. The molecule has 2 aliphatic carbocycles. The molecule has 2 aromatic rings. The first-order valence-electron chi connectivity index (χ1n) is 16.5. The van der Waals surface area contributed by atoms with Crippen molar-refractivity contribution in [1.29, 1.82) is 0 Å². The minimum atomic E-state index is -3.61. The lowest BCUT2D eigenvalue weighted by molar-refractivity contribution is -0.222. The van der Waals surface area contributed by atoms with Crippen molar-refractivity contribution in [2.45, 2.75) is 102 Å². The number of hydrogen-bond acceptors (Lipinski definition) is 3. The van der Waals surface area contributed by atoms with Crippen LogP contribution in [0, 0.1) is 35.3 Å². The van der Waals surface area contributed by atoms with Gasteiger partial charge in [0.05, 0.1) is 19.1 Å². The van der Waals surface area contributed by atoms with Crippen LogP contribution in [0.3, 0.4) is 0 Å². The summed E-state index contributed by atoms with van der Waals surface area (Å²) in [4.78, 5) is 0. The van der Waals surface area contributed by atoms with Gasteiger partial charge in [-0.3, -0.25) is 0 Å². The molecule has 248 valence electrons. The van der Waals surface area contributed by atoms with E-state index in [1.807, 2.05) is 0 Å². The van der Waals surface area contributed by atoms with E-state index >= 15 is 4.39 Å². The highest BCUT2D eigenvalue weighted by molar-refractivity contribution is 5.59. The van der Waals surface area contributed by atoms with E-state index in [1.54, 1.807) is 12.1 Å². The van der Waals surface area contributed by atoms with Crippen molar-refractivity contribution >= 4 is 5.83 Å². The Bertz CT molecular complexity index is 1280. The second kappa shape index (κ2) is 15.4. The zero-order valence-electron chi connectivity index (χ0n) is 25.9. The van der Waals surface area contributed by atoms with Crippen molar-refractivity contribution in [3.63, 3.8) is 0 Å². The van der Waals surface area contributed by atoms with E-state index in [4.69, 9.17) is 14.2 Å². The fourth-order valence-electron chi connectivity index (χ4n) is 7.43. The SMILES string of the molecule is CCCCCC1CCC(C2COC(c3ccc(C4CCC(C(F)(F)Oc5ccc(/C(F)=C/F)c(F)c5)CC4)c(F)c3)OC2)CC1. The summed E-state index contributed by atoms with van der Waals surface area (Å²) in [5.41, 5.74) is 0.410. The van der Waals surface area contributed by atoms with Gasteiger partial charge in [-0.05, 0) is 80.0 Å². The first kappa shape index (κ1) is 33.8. The maximum absolute atomic E-state index is 15.3. The molecule has 0 bridgehead atoms. The zero-order chi connectivity index (χ0) is 32.0. The van der Waals surface area contributed by atoms with Crippen molar-refractivity contribution in [2.75, 3.05) is 13.2 Å². The number of benzene rings is 2. The highest BCUT2D eigenvalue weighted by atomic mass is 19.3. The molecular formula is C36H44F6O3. The third-order valence-electron chi connectivity index (χ3n) is 10.2. The quantitative estimate of drug-likeness (QED) is 0.181. The average molecular weight is 639 g/mol. The van der Waals surface area contributed by atoms with Crippen LogP contribution in [-0.4, -0.2) is 19.3 Å². The third-order valence-corrected chi connectivity index (χ3v) is 10.2. The molecular weight excluding hydrogens is 594 g/mol. The summed E-state index contributed by atoms with van der Waals surface area (Å²) >= 11 is 0. The number of rotatable bonds is 11. The molecule has 9 heteroatoms. The van der Waals surface area contributed by atoms with Gasteiger partial charge < -0.3 is 14.2 Å². The van der Waals surface area contributed by atoms with E-state index in [0.717, 1.165) is 18.1 Å². The molecule has 3 nitrogen and oxygen atoms in total. The molecule has 0 unspecified atom stereocenters. The lowest BCUT2D eigenvalue weighted by atomic mass is 9.74. The van der Waals surface area contributed by atoms with Gasteiger partial charge in [0.15, 0.2) is 12.1 Å². The van der Waals surface area contributed by atoms with Crippen LogP contribution in [0.2, 0.25) is 0 Å². The number of unbranched alkanes of at least 4 members (excludes halogenated alkanes) is 2. The Kier molecular flexibility index (Phi) is 11.6. The lowest BCUT2D eigenvalue weighted by Crippen LogP contribution is -2.37. The lowest BCUT2D eigenvalue weighted by Gasteiger charge is -2.38. The molecule has 5 rings (SSSR count). The molecule has 3 aliphatic rings. The van der Waals surface area contributed by atoms with Crippen LogP contribution >= 0.6 is 0 Å². The minimum absolute atomic E-state index is 0.0789. The Labute approximate surface area is 262 Å². The van der Waals surface area contributed by atoms with Crippen molar-refractivity contribution < 1.29 is 40.6 Å². The Balaban J connectivity index is 1.09. The maximum atomic E-state index is 15.3. The summed E-state index contributed by atoms with van der Waals surface area (Å²) in [5, 5.41) is 0. The highest BCUT2D eigenvalue weighted by Crippen LogP contribution is 2.45. The van der Waals surface area contributed by atoms with Crippen molar-refractivity contribution in [2.24, 2.45) is 23.7 Å². The van der Waals surface area contributed by atoms with Crippen LogP contribution in [-0.2, 0) is 9.47 Å². The van der Waals surface area contributed by atoms with Gasteiger partial charge in [0, 0.05) is 23.1 Å². The highest BCUT2D eigenvalue weighted by Gasteiger charge is 2.44. The number of ether oxygens (including phenoxy) is 3. The zero-order valence-corrected chi connectivity index (χ0v) is 25.9. The molecule has 0 spiro atoms. The molecule has 1 saturated heterocycles. The fourth-order valence-corrected chi connectivity index (χ4v) is 7.43. The van der Waals surface area contributed by atoms with Gasteiger partial charge in [-0.1, -0.05) is 57.6 Å². The van der Waals surface area contributed by atoms with Crippen LogP contribution < -0.4 is 4.74 Å². The van der Waals surface area contributed by atoms with Gasteiger partial charge in [-0.25, -0.2) is 17.6 Å². The Morgan fingerprint density at radius 3 is 2.20 bits per heavy atom. The first-order valence-corrected chi connectivity index (χ1v) is 16.5. The topological polar surface area (TPSA) is 27.7 Å². The molecule has 0 aromatic heterocycles. The van der Waals surface area contributed by atoms with Crippen LogP contribution in [0.15, 0.2) is 42.7 Å². The molecule has 0 radical (unpaired) electrons. The molecule has 0 amide bonds. The van der Waals surface area contributed by atoms with Gasteiger partial charge in [-0.15, -0.1) is 0 Å². The maximum Gasteiger partial charge on any atom is 0.400 e. The van der Waals surface area contributed by atoms with E-state index in [9.17, 15) is 22.0 Å². The molecule has 0 N–H and O–H groups in total. The normalized spacial score (nSPS) is 28.2. The van der Waals surface area contributed by atoms with Crippen molar-refractivity contribution in [3.8, 4) is 5.75 Å². The summed E-state index contributed by atoms with van der Waals surface area (Å²) in [6.45, 7) is 3.44. The second-order valence-corrected chi connectivity index (χ2v) is 13.1. The Morgan fingerprint density at radius 1 is 0.867 bits per heavy atom. The summed E-state index contributed by atoms with van der Waals surface area (Å²) in [7, 11) is 0. The van der Waals surface area contributed by atoms with Crippen LogP contribution in [0.1, 0.15) is 113 Å². The predicted octanol–water partition coefficient (Wildman–Crippen LogP) is 11.2. The Hall–Kier alpha value is -2.52. The molecule has 1 heterocycles. The average Bonchev–Trinajstić information content (AvgIpc) is 3.05. The molecule has 1 aliphatic heterocycles. The van der Waals surface area contributed by atoms with Gasteiger partial charge >= 0.3 is 6.11 Å². The number of halogens is 6. The Morgan fingerprint density at radius 2 is 1.58 bits per heavy atom.